The van der Waals surface area contributed by atoms with Crippen molar-refractivity contribution in [3.8, 4) is 0 Å². The van der Waals surface area contributed by atoms with Gasteiger partial charge in [0.25, 0.3) is 0 Å². The van der Waals surface area contributed by atoms with Gasteiger partial charge in [-0.1, -0.05) is 55.4 Å². The van der Waals surface area contributed by atoms with Crippen LogP contribution in [0.3, 0.4) is 0 Å². The van der Waals surface area contributed by atoms with E-state index in [9.17, 15) is 23.1 Å². The lowest BCUT2D eigenvalue weighted by atomic mass is 9.84. The van der Waals surface area contributed by atoms with Crippen LogP contribution in [0, 0.1) is 22.7 Å². The molecule has 0 aliphatic carbocycles. The lowest BCUT2D eigenvalue weighted by Crippen LogP contribution is -2.61. The van der Waals surface area contributed by atoms with Crippen molar-refractivity contribution in [1.29, 1.82) is 0 Å². The first-order valence-corrected chi connectivity index (χ1v) is 14.4. The summed E-state index contributed by atoms with van der Waals surface area (Å²) in [5.74, 6) is 0.0550. The van der Waals surface area contributed by atoms with Crippen LogP contribution in [0.25, 0.3) is 0 Å². The number of carbonyl (C=O) groups is 3. The molecular formula is C26H51N5O5S. The summed E-state index contributed by atoms with van der Waals surface area (Å²) in [7, 11) is 1.82. The van der Waals surface area contributed by atoms with Gasteiger partial charge in [-0.25, -0.2) is 9.00 Å². The summed E-state index contributed by atoms with van der Waals surface area (Å²) in [6.45, 7) is 18.9. The minimum absolute atomic E-state index is 0.0372. The average Bonchev–Trinajstić information content (AvgIpc) is 3.20. The number of nitrogens with one attached hydrogen (secondary N) is 3. The van der Waals surface area contributed by atoms with Gasteiger partial charge in [0.2, 0.25) is 17.2 Å². The van der Waals surface area contributed by atoms with Gasteiger partial charge in [0.1, 0.15) is 6.04 Å². The van der Waals surface area contributed by atoms with Crippen molar-refractivity contribution >= 4 is 29.0 Å². The van der Waals surface area contributed by atoms with Crippen molar-refractivity contribution in [2.24, 2.45) is 22.7 Å². The molecule has 5 atom stereocenters. The maximum atomic E-state index is 13.8. The molecule has 4 N–H and O–H groups in total. The Labute approximate surface area is 226 Å². The summed E-state index contributed by atoms with van der Waals surface area (Å²) < 4.78 is 23.2. The second kappa shape index (κ2) is 14.0. The average molecular weight is 546 g/mol. The highest BCUT2D eigenvalue weighted by Gasteiger charge is 2.46. The van der Waals surface area contributed by atoms with Gasteiger partial charge in [0.15, 0.2) is 5.78 Å². The fraction of sp³-hybridized carbons (Fsp3) is 0.885. The van der Waals surface area contributed by atoms with Gasteiger partial charge in [-0.05, 0) is 56.0 Å². The second-order valence-corrected chi connectivity index (χ2v) is 13.7. The van der Waals surface area contributed by atoms with Crippen molar-refractivity contribution < 1.29 is 23.1 Å². The Morgan fingerprint density at radius 3 is 2.11 bits per heavy atom. The fourth-order valence-electron chi connectivity index (χ4n) is 4.83. The monoisotopic (exact) mass is 545 g/mol. The van der Waals surface area contributed by atoms with Gasteiger partial charge in [-0.3, -0.25) is 14.1 Å². The maximum absolute atomic E-state index is 13.8. The number of rotatable bonds is 12. The Morgan fingerprint density at radius 2 is 1.68 bits per heavy atom. The van der Waals surface area contributed by atoms with Gasteiger partial charge in [-0.15, -0.1) is 0 Å². The molecule has 11 heteroatoms. The Kier molecular flexibility index (Phi) is 12.7. The van der Waals surface area contributed by atoms with E-state index in [1.165, 1.54) is 11.2 Å². The third-order valence-corrected chi connectivity index (χ3v) is 7.95. The largest absolute Gasteiger partial charge is 0.334 e. The van der Waals surface area contributed by atoms with E-state index in [0.29, 0.717) is 26.1 Å². The molecule has 1 rings (SSSR count). The molecule has 0 bridgehead atoms. The minimum Gasteiger partial charge on any atom is -0.334 e. The SMILES string of the molecule is CNCCCN(C[C@@H](NC(=O)N[C@H](C(=O)N1CC[C@H](C(C)C)[C@H]1C(C)=O)C(C)(C)C)C(C)(C)C)S(=O)O. The van der Waals surface area contributed by atoms with Crippen LogP contribution in [0.2, 0.25) is 0 Å². The Morgan fingerprint density at radius 1 is 1.08 bits per heavy atom. The lowest BCUT2D eigenvalue weighted by Gasteiger charge is -2.38. The molecule has 1 aliphatic rings. The molecule has 1 unspecified atom stereocenters. The summed E-state index contributed by atoms with van der Waals surface area (Å²) in [4.78, 5) is 41.2. The van der Waals surface area contributed by atoms with Gasteiger partial charge < -0.3 is 20.9 Å². The van der Waals surface area contributed by atoms with E-state index in [0.717, 1.165) is 6.42 Å². The predicted molar refractivity (Wildman–Crippen MR) is 148 cm³/mol. The summed E-state index contributed by atoms with van der Waals surface area (Å²) in [5, 5.41) is 8.85. The van der Waals surface area contributed by atoms with Gasteiger partial charge in [-0.2, -0.15) is 4.31 Å². The van der Waals surface area contributed by atoms with Crippen LogP contribution < -0.4 is 16.0 Å². The summed E-state index contributed by atoms with van der Waals surface area (Å²) in [6.07, 6.45) is 1.43. The van der Waals surface area contributed by atoms with E-state index in [4.69, 9.17) is 0 Å². The normalized spacial score (nSPS) is 21.2. The molecule has 1 fully saturated rings. The zero-order valence-corrected chi connectivity index (χ0v) is 25.3. The third kappa shape index (κ3) is 9.92. The van der Waals surface area contributed by atoms with Crippen LogP contribution in [0.4, 0.5) is 4.79 Å². The van der Waals surface area contributed by atoms with E-state index in [1.54, 1.807) is 4.90 Å². The Hall–Kier alpha value is -1.56. The first kappa shape index (κ1) is 33.5. The Balaban J connectivity index is 3.10. The molecule has 37 heavy (non-hydrogen) atoms. The molecule has 0 saturated carbocycles. The summed E-state index contributed by atoms with van der Waals surface area (Å²) in [6, 6.07) is -2.32. The molecule has 0 aromatic carbocycles. The summed E-state index contributed by atoms with van der Waals surface area (Å²) in [5.41, 5.74) is -1.02. The molecular weight excluding hydrogens is 494 g/mol. The van der Waals surface area contributed by atoms with Gasteiger partial charge in [0.05, 0.1) is 6.04 Å². The molecule has 0 aromatic heterocycles. The molecule has 0 spiro atoms. The quantitative estimate of drug-likeness (QED) is 0.220. The van der Waals surface area contributed by atoms with Crippen LogP contribution in [0.1, 0.15) is 75.2 Å². The Bertz CT molecular complexity index is 808. The number of hydrogen-bond acceptors (Lipinski definition) is 5. The third-order valence-electron chi connectivity index (χ3n) is 7.18. The molecule has 1 heterocycles. The van der Waals surface area contributed by atoms with Gasteiger partial charge in [0, 0.05) is 25.7 Å². The van der Waals surface area contributed by atoms with E-state index in [2.05, 4.69) is 29.8 Å². The minimum atomic E-state index is -2.19. The van der Waals surface area contributed by atoms with Crippen molar-refractivity contribution in [3.63, 3.8) is 0 Å². The molecule has 10 nitrogen and oxygen atoms in total. The highest BCUT2D eigenvalue weighted by Crippen LogP contribution is 2.33. The highest BCUT2D eigenvalue weighted by atomic mass is 32.2. The number of likely N-dealkylation sites (tertiary alicyclic amines) is 1. The molecule has 3 amide bonds. The number of Topliss-reactive ketones (excluding diaryl/α,β-unsaturated/α-hetero) is 1. The molecule has 0 radical (unpaired) electrons. The van der Waals surface area contributed by atoms with Crippen molar-refractivity contribution in [1.82, 2.24) is 25.2 Å². The number of amides is 3. The van der Waals surface area contributed by atoms with Crippen LogP contribution in [0.5, 0.6) is 0 Å². The van der Waals surface area contributed by atoms with Gasteiger partial charge >= 0.3 is 6.03 Å². The number of nitrogens with zero attached hydrogens (tertiary/aromatic N) is 2. The van der Waals surface area contributed by atoms with Crippen molar-refractivity contribution in [2.75, 3.05) is 33.2 Å². The highest BCUT2D eigenvalue weighted by molar-refractivity contribution is 7.76. The number of hydrogen-bond donors (Lipinski definition) is 4. The smallest absolute Gasteiger partial charge is 0.315 e. The topological polar surface area (TPSA) is 131 Å². The van der Waals surface area contributed by atoms with Crippen molar-refractivity contribution in [2.45, 2.75) is 93.3 Å². The first-order valence-electron chi connectivity index (χ1n) is 13.3. The van der Waals surface area contributed by atoms with E-state index in [1.807, 2.05) is 48.6 Å². The van der Waals surface area contributed by atoms with Crippen LogP contribution in [-0.4, -0.2) is 87.0 Å². The van der Waals surface area contributed by atoms with E-state index >= 15 is 0 Å². The molecule has 1 saturated heterocycles. The predicted octanol–water partition coefficient (Wildman–Crippen LogP) is 2.63. The number of urea groups is 1. The standard InChI is InChI=1S/C26H51N5O5S/c1-17(2)19-12-15-31(21(19)18(3)32)23(33)22(26(7,8)9)29-24(34)28-20(25(4,5)6)16-30(37(35)36)14-11-13-27-10/h17,19-22,27H,11-16H2,1-10H3,(H,35,36)(H2,28,29,34)/t19-,20-,21-,22-/m1/s1. The maximum Gasteiger partial charge on any atom is 0.315 e. The van der Waals surface area contributed by atoms with E-state index in [-0.39, 0.29) is 30.1 Å². The van der Waals surface area contributed by atoms with Crippen molar-refractivity contribution in [3.05, 3.63) is 0 Å². The van der Waals surface area contributed by atoms with Crippen LogP contribution >= 0.6 is 0 Å². The zero-order chi connectivity index (χ0) is 28.7. The molecule has 1 aliphatic heterocycles. The van der Waals surface area contributed by atoms with E-state index < -0.39 is 46.3 Å². The zero-order valence-electron chi connectivity index (χ0n) is 24.5. The second-order valence-electron chi connectivity index (χ2n) is 12.7. The fourth-order valence-corrected chi connectivity index (χ4v) is 5.39. The lowest BCUT2D eigenvalue weighted by molar-refractivity contribution is -0.141. The number of ketones is 1. The molecule has 0 aromatic rings. The molecule has 216 valence electrons. The van der Waals surface area contributed by atoms with Crippen LogP contribution in [-0.2, 0) is 20.9 Å². The first-order chi connectivity index (χ1) is 16.9. The van der Waals surface area contributed by atoms with Crippen LogP contribution in [0.15, 0.2) is 0 Å². The number of carbonyl (C=O) groups excluding carboxylic acids is 3. The summed E-state index contributed by atoms with van der Waals surface area (Å²) >= 11 is -2.19.